The van der Waals surface area contributed by atoms with E-state index in [9.17, 15) is 4.79 Å². The first-order valence-electron chi connectivity index (χ1n) is 7.82. The van der Waals surface area contributed by atoms with Gasteiger partial charge in [0.2, 0.25) is 5.91 Å². The molecule has 1 saturated heterocycles. The van der Waals surface area contributed by atoms with Gasteiger partial charge in [-0.2, -0.15) is 0 Å². The average Bonchev–Trinajstić information content (AvgIpc) is 3.00. The average molecular weight is 399 g/mol. The second kappa shape index (κ2) is 12.0. The van der Waals surface area contributed by atoms with Gasteiger partial charge < -0.3 is 15.4 Å². The molecule has 2 heterocycles. The summed E-state index contributed by atoms with van der Waals surface area (Å²) in [7, 11) is 1.60. The Morgan fingerprint density at radius 2 is 2.04 bits per heavy atom. The predicted octanol–water partition coefficient (Wildman–Crippen LogP) is 1.56. The van der Waals surface area contributed by atoms with Gasteiger partial charge in [-0.05, 0) is 6.42 Å². The molecule has 1 atom stereocenters. The van der Waals surface area contributed by atoms with E-state index in [4.69, 9.17) is 10.5 Å². The van der Waals surface area contributed by atoms with Crippen LogP contribution in [0.1, 0.15) is 24.0 Å². The van der Waals surface area contributed by atoms with Crippen LogP contribution in [-0.4, -0.2) is 66.6 Å². The zero-order valence-electron chi connectivity index (χ0n) is 14.3. The molecule has 6 nitrogen and oxygen atoms in total. The van der Waals surface area contributed by atoms with E-state index in [1.807, 2.05) is 4.90 Å². The third-order valence-corrected chi connectivity index (χ3v) is 5.05. The number of halogens is 2. The van der Waals surface area contributed by atoms with Gasteiger partial charge in [0, 0.05) is 51.8 Å². The summed E-state index contributed by atoms with van der Waals surface area (Å²) < 4.78 is 5.18. The first-order valence-corrected chi connectivity index (χ1v) is 8.70. The smallest absolute Gasteiger partial charge is 0.225 e. The van der Waals surface area contributed by atoms with E-state index in [1.165, 1.54) is 5.01 Å². The molecule has 1 aromatic rings. The number of carbonyl (C=O) groups is 1. The molecule has 0 aromatic carbocycles. The number of piperazine rings is 1. The summed E-state index contributed by atoms with van der Waals surface area (Å²) in [6, 6.07) is 0. The molecule has 0 aliphatic carbocycles. The molecule has 1 aliphatic heterocycles. The number of ether oxygens (including phenoxy) is 1. The zero-order valence-corrected chi connectivity index (χ0v) is 16.7. The van der Waals surface area contributed by atoms with Crippen molar-refractivity contribution in [1.29, 1.82) is 0 Å². The molecule has 1 amide bonds. The minimum Gasteiger partial charge on any atom is -0.380 e. The van der Waals surface area contributed by atoms with Gasteiger partial charge in [-0.15, -0.1) is 36.2 Å². The van der Waals surface area contributed by atoms with Gasteiger partial charge in [-0.1, -0.05) is 6.92 Å². The molecule has 9 heteroatoms. The lowest BCUT2D eigenvalue weighted by atomic mass is 10.2. The summed E-state index contributed by atoms with van der Waals surface area (Å²) in [6.45, 7) is 6.71. The lowest BCUT2D eigenvalue weighted by Gasteiger charge is -2.35. The molecule has 2 rings (SSSR count). The highest BCUT2D eigenvalue weighted by atomic mass is 35.5. The Bertz CT molecular complexity index is 478. The number of rotatable bonds is 7. The molecule has 0 spiro atoms. The van der Waals surface area contributed by atoms with E-state index in [1.54, 1.807) is 18.4 Å². The standard InChI is InChI=1S/C15H26N4O2S.2ClH/c1-3-14-17-12(11-22-14)10-18-4-6-19(7-5-18)15(20)8-13(9-16)21-2;;/h11,13H,3-10,16H2,1-2H3;2*1H. The van der Waals surface area contributed by atoms with Gasteiger partial charge in [0.1, 0.15) is 0 Å². The third-order valence-electron chi connectivity index (χ3n) is 4.01. The fourth-order valence-electron chi connectivity index (χ4n) is 2.56. The maximum Gasteiger partial charge on any atom is 0.225 e. The van der Waals surface area contributed by atoms with Gasteiger partial charge >= 0.3 is 0 Å². The molecule has 0 bridgehead atoms. The number of aromatic nitrogens is 1. The Hall–Kier alpha value is -0.440. The molecular weight excluding hydrogens is 371 g/mol. The first kappa shape index (κ1) is 23.6. The first-order chi connectivity index (χ1) is 10.7. The molecule has 0 saturated carbocycles. The molecule has 1 aromatic heterocycles. The van der Waals surface area contributed by atoms with E-state index in [0.29, 0.717) is 13.0 Å². The quantitative estimate of drug-likeness (QED) is 0.754. The number of thiazole rings is 1. The summed E-state index contributed by atoms with van der Waals surface area (Å²) >= 11 is 1.73. The summed E-state index contributed by atoms with van der Waals surface area (Å²) in [4.78, 5) is 21.1. The lowest BCUT2D eigenvalue weighted by molar-refractivity contribution is -0.135. The van der Waals surface area contributed by atoms with E-state index in [0.717, 1.165) is 44.8 Å². The number of methoxy groups -OCH3 is 1. The van der Waals surface area contributed by atoms with E-state index in [-0.39, 0.29) is 36.8 Å². The van der Waals surface area contributed by atoms with Crippen LogP contribution in [0.4, 0.5) is 0 Å². The van der Waals surface area contributed by atoms with Crippen LogP contribution in [-0.2, 0) is 22.5 Å². The van der Waals surface area contributed by atoms with E-state index < -0.39 is 0 Å². The predicted molar refractivity (Wildman–Crippen MR) is 102 cm³/mol. The van der Waals surface area contributed by atoms with Crippen LogP contribution < -0.4 is 5.73 Å². The van der Waals surface area contributed by atoms with Crippen molar-refractivity contribution in [3.05, 3.63) is 16.1 Å². The van der Waals surface area contributed by atoms with Gasteiger partial charge in [-0.3, -0.25) is 9.69 Å². The molecule has 1 fully saturated rings. The van der Waals surface area contributed by atoms with Crippen molar-refractivity contribution in [3.8, 4) is 0 Å². The van der Waals surface area contributed by atoms with Crippen LogP contribution in [0.5, 0.6) is 0 Å². The van der Waals surface area contributed by atoms with E-state index >= 15 is 0 Å². The maximum absolute atomic E-state index is 12.2. The topological polar surface area (TPSA) is 71.7 Å². The molecule has 1 unspecified atom stereocenters. The minimum atomic E-state index is -0.173. The Kier molecular flexibility index (Phi) is 11.8. The Labute approximate surface area is 160 Å². The Balaban J connectivity index is 0.00000264. The second-order valence-electron chi connectivity index (χ2n) is 5.54. The van der Waals surface area contributed by atoms with Gasteiger partial charge in [0.25, 0.3) is 0 Å². The van der Waals surface area contributed by atoms with Crippen molar-refractivity contribution in [2.24, 2.45) is 5.73 Å². The summed E-state index contributed by atoms with van der Waals surface area (Å²) in [5.41, 5.74) is 6.72. The highest BCUT2D eigenvalue weighted by molar-refractivity contribution is 7.09. The van der Waals surface area contributed by atoms with Crippen molar-refractivity contribution in [2.45, 2.75) is 32.4 Å². The summed E-state index contributed by atoms with van der Waals surface area (Å²) in [5.74, 6) is 0.138. The normalized spacial score (nSPS) is 16.2. The highest BCUT2D eigenvalue weighted by Gasteiger charge is 2.23. The van der Waals surface area contributed by atoms with Crippen molar-refractivity contribution < 1.29 is 9.53 Å². The second-order valence-corrected chi connectivity index (χ2v) is 6.48. The molecule has 24 heavy (non-hydrogen) atoms. The number of nitrogens with two attached hydrogens (primary N) is 1. The molecule has 0 radical (unpaired) electrons. The largest absolute Gasteiger partial charge is 0.380 e. The zero-order chi connectivity index (χ0) is 15.9. The number of amides is 1. The van der Waals surface area contributed by atoms with Gasteiger partial charge in [0.05, 0.1) is 23.2 Å². The van der Waals surface area contributed by atoms with Gasteiger partial charge in [0.15, 0.2) is 0 Å². The van der Waals surface area contributed by atoms with Gasteiger partial charge in [-0.25, -0.2) is 4.98 Å². The van der Waals surface area contributed by atoms with Crippen molar-refractivity contribution in [3.63, 3.8) is 0 Å². The van der Waals surface area contributed by atoms with Crippen molar-refractivity contribution in [1.82, 2.24) is 14.8 Å². The fourth-order valence-corrected chi connectivity index (χ4v) is 3.29. The van der Waals surface area contributed by atoms with Crippen LogP contribution in [0.2, 0.25) is 0 Å². The molecule has 140 valence electrons. The van der Waals surface area contributed by atoms with E-state index in [2.05, 4.69) is 22.2 Å². The maximum atomic E-state index is 12.2. The lowest BCUT2D eigenvalue weighted by Crippen LogP contribution is -2.49. The van der Waals surface area contributed by atoms with Crippen LogP contribution in [0, 0.1) is 0 Å². The van der Waals surface area contributed by atoms with Crippen LogP contribution in [0.3, 0.4) is 0 Å². The highest BCUT2D eigenvalue weighted by Crippen LogP contribution is 2.14. The van der Waals surface area contributed by atoms with Crippen LogP contribution in [0.15, 0.2) is 5.38 Å². The minimum absolute atomic E-state index is 0. The van der Waals surface area contributed by atoms with Crippen LogP contribution in [0.25, 0.3) is 0 Å². The molecule has 1 aliphatic rings. The number of aryl methyl sites for hydroxylation is 1. The third kappa shape index (κ3) is 6.82. The molecule has 2 N–H and O–H groups in total. The summed E-state index contributed by atoms with van der Waals surface area (Å²) in [5, 5.41) is 3.33. The van der Waals surface area contributed by atoms with Crippen LogP contribution >= 0.6 is 36.2 Å². The van der Waals surface area contributed by atoms with Crippen molar-refractivity contribution in [2.75, 3.05) is 39.8 Å². The monoisotopic (exact) mass is 398 g/mol. The Morgan fingerprint density at radius 1 is 1.38 bits per heavy atom. The van der Waals surface area contributed by atoms with Crippen molar-refractivity contribution >= 4 is 42.1 Å². The fraction of sp³-hybridized carbons (Fsp3) is 0.733. The number of hydrogen-bond acceptors (Lipinski definition) is 6. The number of hydrogen-bond donors (Lipinski definition) is 1. The Morgan fingerprint density at radius 3 is 2.54 bits per heavy atom. The SMILES string of the molecule is CCc1nc(CN2CCN(C(=O)CC(CN)OC)CC2)cs1.Cl.Cl. The summed E-state index contributed by atoms with van der Waals surface area (Å²) in [6.07, 6.45) is 1.20. The number of nitrogens with zero attached hydrogens (tertiary/aromatic N) is 3. The number of carbonyl (C=O) groups excluding carboxylic acids is 1. The molecular formula is C15H28Cl2N4O2S.